The molecule has 1 rings (SSSR count). The van der Waals surface area contributed by atoms with E-state index in [1.54, 1.807) is 6.92 Å². The molecule has 3 nitrogen and oxygen atoms in total. The summed E-state index contributed by atoms with van der Waals surface area (Å²) in [6.07, 6.45) is -1.87. The summed E-state index contributed by atoms with van der Waals surface area (Å²) in [7, 11) is 0. The average Bonchev–Trinajstić information content (AvgIpc) is 2.28. The molecule has 1 fully saturated rings. The number of alkyl halides is 1. The second-order valence-electron chi connectivity index (χ2n) is 2.91. The highest BCUT2D eigenvalue weighted by molar-refractivity contribution is 4.88. The van der Waals surface area contributed by atoms with Crippen molar-refractivity contribution in [1.82, 2.24) is 0 Å². The first-order valence-electron chi connectivity index (χ1n) is 3.81. The van der Waals surface area contributed by atoms with Crippen LogP contribution >= 0.6 is 0 Å². The van der Waals surface area contributed by atoms with E-state index in [-0.39, 0.29) is 19.1 Å². The summed E-state index contributed by atoms with van der Waals surface area (Å²) < 4.78 is 18.2. The Bertz CT molecular complexity index is 134. The van der Waals surface area contributed by atoms with E-state index >= 15 is 0 Å². The molecule has 11 heavy (non-hydrogen) atoms. The van der Waals surface area contributed by atoms with Gasteiger partial charge >= 0.3 is 0 Å². The second-order valence-corrected chi connectivity index (χ2v) is 2.91. The third-order valence-corrected chi connectivity index (χ3v) is 2.18. The predicted molar refractivity (Wildman–Crippen MR) is 38.9 cm³/mol. The molecule has 1 aliphatic heterocycles. The van der Waals surface area contributed by atoms with E-state index in [4.69, 9.17) is 15.6 Å². The van der Waals surface area contributed by atoms with Gasteiger partial charge in [0.15, 0.2) is 0 Å². The third-order valence-electron chi connectivity index (χ3n) is 2.18. The maximum atomic E-state index is 13.1. The number of aliphatic hydroxyl groups excluding tert-OH is 1. The zero-order valence-electron chi connectivity index (χ0n) is 6.53. The van der Waals surface area contributed by atoms with Gasteiger partial charge in [-0.2, -0.15) is 0 Å². The highest BCUT2D eigenvalue weighted by Gasteiger charge is 2.41. The van der Waals surface area contributed by atoms with Crippen LogP contribution < -0.4 is 5.73 Å². The molecular weight excluding hydrogens is 149 g/mol. The molecular formula is C7H14FNO2. The van der Waals surface area contributed by atoms with Crippen molar-refractivity contribution >= 4 is 0 Å². The fourth-order valence-corrected chi connectivity index (χ4v) is 1.47. The number of halogens is 1. The zero-order chi connectivity index (χ0) is 8.43. The summed E-state index contributed by atoms with van der Waals surface area (Å²) in [5, 5.41) is 8.76. The quantitative estimate of drug-likeness (QED) is 0.586. The van der Waals surface area contributed by atoms with Crippen LogP contribution in [0.1, 0.15) is 6.92 Å². The molecule has 0 aliphatic carbocycles. The monoisotopic (exact) mass is 163 g/mol. The van der Waals surface area contributed by atoms with Gasteiger partial charge in [0.2, 0.25) is 0 Å². The third kappa shape index (κ3) is 1.52. The maximum Gasteiger partial charge on any atom is 0.132 e. The number of ether oxygens (including phenoxy) is 1. The predicted octanol–water partition coefficient (Wildman–Crippen LogP) is -0.321. The van der Waals surface area contributed by atoms with Gasteiger partial charge in [0.25, 0.3) is 0 Å². The van der Waals surface area contributed by atoms with E-state index in [0.717, 1.165) is 0 Å². The highest BCUT2D eigenvalue weighted by Crippen LogP contribution is 2.28. The maximum absolute atomic E-state index is 13.1. The number of nitrogens with two attached hydrogens (primary N) is 1. The Balaban J connectivity index is 2.57. The molecule has 3 N–H and O–H groups in total. The Kier molecular flexibility index (Phi) is 2.81. The van der Waals surface area contributed by atoms with Gasteiger partial charge in [0, 0.05) is 12.5 Å². The zero-order valence-corrected chi connectivity index (χ0v) is 6.53. The lowest BCUT2D eigenvalue weighted by atomic mass is 9.98. The molecule has 0 aromatic heterocycles. The lowest BCUT2D eigenvalue weighted by Gasteiger charge is -2.13. The van der Waals surface area contributed by atoms with Crippen molar-refractivity contribution < 1.29 is 14.2 Å². The fourth-order valence-electron chi connectivity index (χ4n) is 1.47. The number of aliphatic hydroxyl groups is 1. The number of rotatable bonds is 2. The minimum Gasteiger partial charge on any atom is -0.394 e. The first kappa shape index (κ1) is 8.90. The lowest BCUT2D eigenvalue weighted by Crippen LogP contribution is -2.32. The topological polar surface area (TPSA) is 55.5 Å². The molecule has 1 heterocycles. The molecule has 0 aromatic rings. The Morgan fingerprint density at radius 2 is 2.27 bits per heavy atom. The molecule has 0 saturated carbocycles. The summed E-state index contributed by atoms with van der Waals surface area (Å²) >= 11 is 0. The van der Waals surface area contributed by atoms with Crippen LogP contribution in [0.4, 0.5) is 4.39 Å². The molecule has 0 spiro atoms. The summed E-state index contributed by atoms with van der Waals surface area (Å²) in [5.74, 6) is -0.338. The van der Waals surface area contributed by atoms with Crippen molar-refractivity contribution in [3.05, 3.63) is 0 Å². The first-order chi connectivity index (χ1) is 5.20. The van der Waals surface area contributed by atoms with E-state index in [2.05, 4.69) is 0 Å². The van der Waals surface area contributed by atoms with E-state index in [1.165, 1.54) is 0 Å². The van der Waals surface area contributed by atoms with Crippen molar-refractivity contribution in [2.75, 3.05) is 13.2 Å². The Labute approximate surface area is 65.3 Å². The van der Waals surface area contributed by atoms with Gasteiger partial charge < -0.3 is 15.6 Å². The molecule has 4 heteroatoms. The van der Waals surface area contributed by atoms with Crippen molar-refractivity contribution in [3.63, 3.8) is 0 Å². The van der Waals surface area contributed by atoms with Gasteiger partial charge in [0.05, 0.1) is 18.8 Å². The molecule has 0 amide bonds. The Morgan fingerprint density at radius 3 is 2.64 bits per heavy atom. The van der Waals surface area contributed by atoms with Gasteiger partial charge in [-0.1, -0.05) is 0 Å². The fraction of sp³-hybridized carbons (Fsp3) is 1.00. The smallest absolute Gasteiger partial charge is 0.132 e. The normalized spacial score (nSPS) is 44.7. The lowest BCUT2D eigenvalue weighted by molar-refractivity contribution is 0.00389. The van der Waals surface area contributed by atoms with Crippen molar-refractivity contribution in [1.29, 1.82) is 0 Å². The highest BCUT2D eigenvalue weighted by atomic mass is 19.1. The van der Waals surface area contributed by atoms with Gasteiger partial charge in [-0.3, -0.25) is 0 Å². The minimum atomic E-state index is -1.03. The van der Waals surface area contributed by atoms with E-state index in [0.29, 0.717) is 0 Å². The average molecular weight is 163 g/mol. The van der Waals surface area contributed by atoms with E-state index in [1.807, 2.05) is 0 Å². The SMILES string of the molecule is C[C@@H]1O[C@H](CO)C(CN)C1F. The van der Waals surface area contributed by atoms with Gasteiger partial charge in [0.1, 0.15) is 6.17 Å². The molecule has 4 atom stereocenters. The Hall–Kier alpha value is -0.190. The van der Waals surface area contributed by atoms with Crippen LogP contribution in [-0.2, 0) is 4.74 Å². The molecule has 66 valence electrons. The molecule has 0 aromatic carbocycles. The summed E-state index contributed by atoms with van der Waals surface area (Å²) in [4.78, 5) is 0. The van der Waals surface area contributed by atoms with Crippen molar-refractivity contribution in [2.24, 2.45) is 11.7 Å². The number of hydrogen-bond acceptors (Lipinski definition) is 3. The van der Waals surface area contributed by atoms with Gasteiger partial charge in [-0.15, -0.1) is 0 Å². The van der Waals surface area contributed by atoms with Crippen LogP contribution in [0.3, 0.4) is 0 Å². The van der Waals surface area contributed by atoms with E-state index in [9.17, 15) is 4.39 Å². The minimum absolute atomic E-state index is 0.146. The van der Waals surface area contributed by atoms with Gasteiger partial charge in [-0.05, 0) is 6.92 Å². The summed E-state index contributed by atoms with van der Waals surface area (Å²) in [5.41, 5.74) is 5.32. The van der Waals surface area contributed by atoms with Crippen LogP contribution in [0.5, 0.6) is 0 Å². The molecule has 0 bridgehead atoms. The van der Waals surface area contributed by atoms with Crippen LogP contribution in [-0.4, -0.2) is 36.6 Å². The molecule has 1 aliphatic rings. The van der Waals surface area contributed by atoms with Crippen molar-refractivity contribution in [2.45, 2.75) is 25.3 Å². The van der Waals surface area contributed by atoms with Crippen LogP contribution in [0.2, 0.25) is 0 Å². The molecule has 0 radical (unpaired) electrons. The van der Waals surface area contributed by atoms with Gasteiger partial charge in [-0.25, -0.2) is 4.39 Å². The largest absolute Gasteiger partial charge is 0.394 e. The van der Waals surface area contributed by atoms with Crippen LogP contribution in [0.15, 0.2) is 0 Å². The standard InChI is InChI=1S/C7H14FNO2/c1-4-7(8)5(2-9)6(3-10)11-4/h4-7,10H,2-3,9H2,1H3/t4-,5?,6+,7?/m0/s1. The van der Waals surface area contributed by atoms with Crippen molar-refractivity contribution in [3.8, 4) is 0 Å². The van der Waals surface area contributed by atoms with E-state index < -0.39 is 18.4 Å². The summed E-state index contributed by atoms with van der Waals surface area (Å²) in [6, 6.07) is 0. The number of hydrogen-bond donors (Lipinski definition) is 2. The van der Waals surface area contributed by atoms with Crippen LogP contribution in [0, 0.1) is 5.92 Å². The Morgan fingerprint density at radius 1 is 1.64 bits per heavy atom. The summed E-state index contributed by atoms with van der Waals surface area (Å²) in [6.45, 7) is 1.74. The molecule has 2 unspecified atom stereocenters. The van der Waals surface area contributed by atoms with Crippen LogP contribution in [0.25, 0.3) is 0 Å². The molecule has 1 saturated heterocycles. The first-order valence-corrected chi connectivity index (χ1v) is 3.81. The second kappa shape index (κ2) is 3.47.